The van der Waals surface area contributed by atoms with Gasteiger partial charge in [0, 0.05) is 11.2 Å². The van der Waals surface area contributed by atoms with Crippen LogP contribution in [0.5, 0.6) is 0 Å². The maximum Gasteiger partial charge on any atom is 0.239 e. The Balaban J connectivity index is 1.62. The molecule has 2 spiro atoms. The minimum Gasteiger partial charge on any atom is -0.310 e. The predicted molar refractivity (Wildman–Crippen MR) is 104 cm³/mol. The van der Waals surface area contributed by atoms with Crippen LogP contribution in [0.3, 0.4) is 0 Å². The SMILES string of the molecule is O=C1N(Cc2ccccc2)c2ccccc2C12CCNC21CCCCC1. The van der Waals surface area contributed by atoms with Gasteiger partial charge in [0.15, 0.2) is 0 Å². The van der Waals surface area contributed by atoms with E-state index in [1.807, 2.05) is 11.0 Å². The van der Waals surface area contributed by atoms with Crippen molar-refractivity contribution in [1.82, 2.24) is 5.32 Å². The molecule has 1 aliphatic carbocycles. The number of nitrogens with one attached hydrogen (secondary N) is 1. The van der Waals surface area contributed by atoms with Gasteiger partial charge in [0.25, 0.3) is 0 Å². The number of para-hydroxylation sites is 1. The normalized spacial score (nSPS) is 26.6. The Hall–Kier alpha value is -2.13. The molecule has 2 aromatic carbocycles. The lowest BCUT2D eigenvalue weighted by Crippen LogP contribution is -2.59. The van der Waals surface area contributed by atoms with Crippen molar-refractivity contribution in [1.29, 1.82) is 0 Å². The van der Waals surface area contributed by atoms with Gasteiger partial charge >= 0.3 is 0 Å². The molecule has 5 rings (SSSR count). The molecular formula is C23H26N2O. The summed E-state index contributed by atoms with van der Waals surface area (Å²) in [4.78, 5) is 16.0. The lowest BCUT2D eigenvalue weighted by molar-refractivity contribution is -0.125. The zero-order valence-electron chi connectivity index (χ0n) is 15.2. The quantitative estimate of drug-likeness (QED) is 0.885. The lowest BCUT2D eigenvalue weighted by atomic mass is 9.61. The molecule has 3 nitrogen and oxygen atoms in total. The Morgan fingerprint density at radius 2 is 1.62 bits per heavy atom. The average Bonchev–Trinajstić information content (AvgIpc) is 3.16. The van der Waals surface area contributed by atoms with Gasteiger partial charge in [-0.2, -0.15) is 0 Å². The second kappa shape index (κ2) is 5.95. The second-order valence-corrected chi connectivity index (χ2v) is 8.12. The first-order valence-electron chi connectivity index (χ1n) is 9.97. The highest BCUT2D eigenvalue weighted by Gasteiger charge is 2.64. The molecule has 2 aliphatic heterocycles. The highest BCUT2D eigenvalue weighted by atomic mass is 16.2. The number of carbonyl (C=O) groups excluding carboxylic acids is 1. The van der Waals surface area contributed by atoms with Crippen LogP contribution in [0.1, 0.15) is 49.7 Å². The topological polar surface area (TPSA) is 32.3 Å². The van der Waals surface area contributed by atoms with E-state index in [1.165, 1.54) is 30.4 Å². The van der Waals surface area contributed by atoms with E-state index in [-0.39, 0.29) is 11.0 Å². The summed E-state index contributed by atoms with van der Waals surface area (Å²) in [5, 5.41) is 3.81. The van der Waals surface area contributed by atoms with E-state index in [9.17, 15) is 4.79 Å². The fourth-order valence-corrected chi connectivity index (χ4v) is 5.79. The van der Waals surface area contributed by atoms with E-state index in [1.54, 1.807) is 0 Å². The zero-order valence-corrected chi connectivity index (χ0v) is 15.2. The van der Waals surface area contributed by atoms with Crippen LogP contribution in [0, 0.1) is 0 Å². The molecule has 1 atom stereocenters. The molecule has 1 N–H and O–H groups in total. The third kappa shape index (κ3) is 2.07. The predicted octanol–water partition coefficient (Wildman–Crippen LogP) is 4.17. The van der Waals surface area contributed by atoms with Crippen molar-refractivity contribution < 1.29 is 4.79 Å². The molecule has 3 heteroatoms. The first kappa shape index (κ1) is 16.1. The number of hydrogen-bond acceptors (Lipinski definition) is 2. The van der Waals surface area contributed by atoms with Crippen LogP contribution in [0.4, 0.5) is 5.69 Å². The maximum absolute atomic E-state index is 14.0. The van der Waals surface area contributed by atoms with Crippen molar-refractivity contribution in [3.63, 3.8) is 0 Å². The smallest absolute Gasteiger partial charge is 0.239 e. The maximum atomic E-state index is 14.0. The number of rotatable bonds is 2. The molecule has 1 amide bonds. The molecule has 0 bridgehead atoms. The van der Waals surface area contributed by atoms with Gasteiger partial charge in [0.2, 0.25) is 5.91 Å². The standard InChI is InChI=1S/C23H26N2O/c26-21-23(15-16-24-22(23)13-7-2-8-14-22)19-11-5-6-12-20(19)25(21)17-18-9-3-1-4-10-18/h1,3-6,9-12,24H,2,7-8,13-17H2. The van der Waals surface area contributed by atoms with Crippen molar-refractivity contribution >= 4 is 11.6 Å². The van der Waals surface area contributed by atoms with Crippen molar-refractivity contribution in [3.8, 4) is 0 Å². The summed E-state index contributed by atoms with van der Waals surface area (Å²) in [5.41, 5.74) is 3.14. The number of anilines is 1. The van der Waals surface area contributed by atoms with E-state index in [0.717, 1.165) is 31.5 Å². The Kier molecular flexibility index (Phi) is 3.68. The Morgan fingerprint density at radius 1 is 0.885 bits per heavy atom. The molecule has 0 radical (unpaired) electrons. The summed E-state index contributed by atoms with van der Waals surface area (Å²) in [6.45, 7) is 1.60. The fraction of sp³-hybridized carbons (Fsp3) is 0.435. The van der Waals surface area contributed by atoms with Gasteiger partial charge in [0.05, 0.1) is 12.0 Å². The van der Waals surface area contributed by atoms with Gasteiger partial charge in [-0.1, -0.05) is 67.8 Å². The van der Waals surface area contributed by atoms with Gasteiger partial charge in [-0.25, -0.2) is 0 Å². The largest absolute Gasteiger partial charge is 0.310 e. The second-order valence-electron chi connectivity index (χ2n) is 8.12. The zero-order chi connectivity index (χ0) is 17.6. The lowest BCUT2D eigenvalue weighted by Gasteiger charge is -2.45. The monoisotopic (exact) mass is 346 g/mol. The highest BCUT2D eigenvalue weighted by Crippen LogP contribution is 2.57. The number of hydrogen-bond donors (Lipinski definition) is 1. The number of benzene rings is 2. The van der Waals surface area contributed by atoms with Crippen LogP contribution >= 0.6 is 0 Å². The number of fused-ring (bicyclic) bond motifs is 3. The summed E-state index contributed by atoms with van der Waals surface area (Å²) in [7, 11) is 0. The van der Waals surface area contributed by atoms with Gasteiger partial charge in [-0.3, -0.25) is 4.79 Å². The van der Waals surface area contributed by atoms with Crippen LogP contribution in [0.25, 0.3) is 0 Å². The minimum absolute atomic E-state index is 0.0517. The van der Waals surface area contributed by atoms with Crippen molar-refractivity contribution in [3.05, 3.63) is 65.7 Å². The van der Waals surface area contributed by atoms with Crippen LogP contribution < -0.4 is 10.2 Å². The molecular weight excluding hydrogens is 320 g/mol. The molecule has 1 saturated heterocycles. The highest BCUT2D eigenvalue weighted by molar-refractivity contribution is 6.09. The first-order valence-corrected chi connectivity index (χ1v) is 9.97. The molecule has 2 aromatic rings. The van der Waals surface area contributed by atoms with E-state index >= 15 is 0 Å². The van der Waals surface area contributed by atoms with Gasteiger partial charge < -0.3 is 10.2 Å². The molecule has 134 valence electrons. The number of carbonyl (C=O) groups is 1. The molecule has 1 saturated carbocycles. The molecule has 1 unspecified atom stereocenters. The summed E-state index contributed by atoms with van der Waals surface area (Å²) >= 11 is 0. The molecule has 2 fully saturated rings. The third-order valence-electron chi connectivity index (χ3n) is 6.94. The molecule has 2 heterocycles. The number of nitrogens with zero attached hydrogens (tertiary/aromatic N) is 1. The molecule has 3 aliphatic rings. The Labute approximate surface area is 155 Å². The van der Waals surface area contributed by atoms with E-state index in [0.29, 0.717) is 12.5 Å². The van der Waals surface area contributed by atoms with Crippen molar-refractivity contribution in [2.75, 3.05) is 11.4 Å². The Morgan fingerprint density at radius 3 is 2.42 bits per heavy atom. The summed E-state index contributed by atoms with van der Waals surface area (Å²) in [5.74, 6) is 0.314. The van der Waals surface area contributed by atoms with Crippen molar-refractivity contribution in [2.24, 2.45) is 0 Å². The third-order valence-corrected chi connectivity index (χ3v) is 6.94. The first-order chi connectivity index (χ1) is 12.8. The fourth-order valence-electron chi connectivity index (χ4n) is 5.79. The Bertz CT molecular complexity index is 825. The van der Waals surface area contributed by atoms with Crippen LogP contribution in [0.2, 0.25) is 0 Å². The van der Waals surface area contributed by atoms with Crippen LogP contribution in [-0.2, 0) is 16.8 Å². The summed E-state index contributed by atoms with van der Waals surface area (Å²) in [6, 6.07) is 18.9. The van der Waals surface area contributed by atoms with E-state index in [2.05, 4.69) is 53.8 Å². The van der Waals surface area contributed by atoms with Crippen LogP contribution in [0.15, 0.2) is 54.6 Å². The van der Waals surface area contributed by atoms with E-state index in [4.69, 9.17) is 0 Å². The molecule has 0 aromatic heterocycles. The van der Waals surface area contributed by atoms with Gasteiger partial charge in [-0.15, -0.1) is 0 Å². The van der Waals surface area contributed by atoms with Crippen LogP contribution in [-0.4, -0.2) is 18.0 Å². The minimum atomic E-state index is -0.376. The van der Waals surface area contributed by atoms with Crippen molar-refractivity contribution in [2.45, 2.75) is 56.0 Å². The average molecular weight is 346 g/mol. The van der Waals surface area contributed by atoms with Gasteiger partial charge in [0.1, 0.15) is 0 Å². The number of amides is 1. The molecule has 26 heavy (non-hydrogen) atoms. The van der Waals surface area contributed by atoms with E-state index < -0.39 is 0 Å². The summed E-state index contributed by atoms with van der Waals surface area (Å²) < 4.78 is 0. The summed E-state index contributed by atoms with van der Waals surface area (Å²) in [6.07, 6.45) is 6.90. The van der Waals surface area contributed by atoms with Gasteiger partial charge in [-0.05, 0) is 43.0 Å².